The first-order chi connectivity index (χ1) is 19.2. The molecule has 4 N–H and O–H groups in total. The number of carbonyl (C=O) groups excluding carboxylic acids is 2. The zero-order valence-corrected chi connectivity index (χ0v) is 26.1. The summed E-state index contributed by atoms with van der Waals surface area (Å²) in [7, 11) is -5.22. The van der Waals surface area contributed by atoms with E-state index in [1.165, 1.54) is 38.1 Å². The Bertz CT molecular complexity index is 1960. The molecule has 15 heteroatoms. The predicted octanol–water partition coefficient (Wildman–Crippen LogP) is 2.09. The van der Waals surface area contributed by atoms with Crippen LogP contribution in [0.15, 0.2) is 41.3 Å². The van der Waals surface area contributed by atoms with Gasteiger partial charge >= 0.3 is 35.6 Å². The molecule has 10 nitrogen and oxygen atoms in total. The largest absolute Gasteiger partial charge is 1.00 e. The molecule has 0 aliphatic heterocycles. The van der Waals surface area contributed by atoms with Crippen LogP contribution < -0.4 is 45.9 Å². The second-order valence-corrected chi connectivity index (χ2v) is 11.0. The molecule has 4 aromatic rings. The molecular formula is C27H19ClF2N5NaO5S. The maximum Gasteiger partial charge on any atom is 1.00 e. The second kappa shape index (κ2) is 11.3. The Hall–Kier alpha value is -3.46. The van der Waals surface area contributed by atoms with E-state index in [-0.39, 0.29) is 85.7 Å². The molecule has 1 aliphatic carbocycles. The number of nitrogens with one attached hydrogen (secondary N) is 2. The van der Waals surface area contributed by atoms with Gasteiger partial charge in [0.25, 0.3) is 0 Å². The van der Waals surface area contributed by atoms with E-state index < -0.39 is 49.4 Å². The van der Waals surface area contributed by atoms with Gasteiger partial charge < -0.3 is 20.9 Å². The van der Waals surface area contributed by atoms with Crippen molar-refractivity contribution < 1.29 is 60.9 Å². The minimum absolute atomic E-state index is 0. The number of benzene rings is 3. The third kappa shape index (κ3) is 5.16. The van der Waals surface area contributed by atoms with Gasteiger partial charge in [0.1, 0.15) is 15.1 Å². The van der Waals surface area contributed by atoms with Crippen molar-refractivity contribution in [2.45, 2.75) is 25.7 Å². The van der Waals surface area contributed by atoms with Crippen molar-refractivity contribution >= 4 is 61.9 Å². The van der Waals surface area contributed by atoms with E-state index in [0.29, 0.717) is 5.56 Å². The van der Waals surface area contributed by atoms with Crippen molar-refractivity contribution in [3.8, 4) is 0 Å². The quantitative estimate of drug-likeness (QED) is 0.0869. The first-order valence-electron chi connectivity index (χ1n) is 11.9. The van der Waals surface area contributed by atoms with Crippen LogP contribution in [0.1, 0.15) is 48.5 Å². The van der Waals surface area contributed by atoms with E-state index in [1.54, 1.807) is 19.1 Å². The van der Waals surface area contributed by atoms with E-state index in [1.807, 2.05) is 0 Å². The zero-order valence-electron chi connectivity index (χ0n) is 22.5. The van der Waals surface area contributed by atoms with Crippen molar-refractivity contribution in [1.82, 2.24) is 9.97 Å². The molecule has 0 bridgehead atoms. The Balaban J connectivity index is 0.00000405. The normalized spacial score (nSPS) is 12.4. The number of hydrogen-bond donors (Lipinski definition) is 3. The van der Waals surface area contributed by atoms with Crippen molar-refractivity contribution in [1.29, 1.82) is 0 Å². The molecular weight excluding hydrogens is 603 g/mol. The molecule has 0 saturated heterocycles. The Morgan fingerprint density at radius 1 is 0.857 bits per heavy atom. The second-order valence-electron chi connectivity index (χ2n) is 9.26. The van der Waals surface area contributed by atoms with Crippen molar-refractivity contribution in [2.24, 2.45) is 0 Å². The zero-order chi connectivity index (χ0) is 30.0. The predicted molar refractivity (Wildman–Crippen MR) is 146 cm³/mol. The number of nitrogens with two attached hydrogens (primary N) is 1. The number of hydrogen-bond acceptors (Lipinski definition) is 10. The molecule has 5 rings (SSSR count). The fraction of sp³-hybridized carbons (Fsp3) is 0.111. The average molecular weight is 622 g/mol. The summed E-state index contributed by atoms with van der Waals surface area (Å²) in [5.41, 5.74) is 6.98. The third-order valence-corrected chi connectivity index (χ3v) is 8.25. The van der Waals surface area contributed by atoms with Crippen LogP contribution >= 0.6 is 11.6 Å². The number of ketones is 2. The summed E-state index contributed by atoms with van der Waals surface area (Å²) in [4.78, 5) is 32.3. The number of anilines is 5. The minimum atomic E-state index is -5.22. The Morgan fingerprint density at radius 2 is 1.43 bits per heavy atom. The van der Waals surface area contributed by atoms with Crippen LogP contribution in [0.3, 0.4) is 0 Å². The summed E-state index contributed by atoms with van der Waals surface area (Å²) in [6, 6.07) is 9.17. The van der Waals surface area contributed by atoms with Crippen molar-refractivity contribution in [3.63, 3.8) is 0 Å². The molecule has 1 aromatic heterocycles. The van der Waals surface area contributed by atoms with E-state index in [9.17, 15) is 31.3 Å². The smallest absolute Gasteiger partial charge is 0.744 e. The van der Waals surface area contributed by atoms with Gasteiger partial charge in [-0.15, -0.1) is 0 Å². The molecule has 0 unspecified atom stereocenters. The summed E-state index contributed by atoms with van der Waals surface area (Å²) >= 11 is 5.86. The number of halogens is 3. The molecule has 0 atom stereocenters. The summed E-state index contributed by atoms with van der Waals surface area (Å²) in [5, 5.41) is 4.76. The molecule has 3 aromatic carbocycles. The number of aromatic nitrogens is 2. The Labute approximate surface area is 265 Å². The maximum atomic E-state index is 13.9. The molecule has 0 amide bonds. The maximum absolute atomic E-state index is 13.9. The van der Waals surface area contributed by atoms with Crippen molar-refractivity contribution in [2.75, 3.05) is 16.4 Å². The van der Waals surface area contributed by atoms with E-state index in [2.05, 4.69) is 20.6 Å². The molecule has 0 radical (unpaired) electrons. The minimum Gasteiger partial charge on any atom is -0.744 e. The molecule has 0 spiro atoms. The topological polar surface area (TPSA) is 167 Å². The number of nitrogen functional groups attached to an aromatic ring is 1. The van der Waals surface area contributed by atoms with Crippen LogP contribution in [0.25, 0.3) is 0 Å². The van der Waals surface area contributed by atoms with E-state index in [0.717, 1.165) is 0 Å². The fourth-order valence-corrected chi connectivity index (χ4v) is 5.92. The molecule has 1 aliphatic rings. The van der Waals surface area contributed by atoms with Gasteiger partial charge in [-0.25, -0.2) is 8.42 Å². The SMILES string of the molecule is Cc1c(C)c(Nc2nc(F)nc(F)c2Cl)c(S(=O)(=O)[O-])c(C)c1Nc1ccc(N)c2c1C(=O)c1ccccc1C2=O.[Na+]. The van der Waals surface area contributed by atoms with Gasteiger partial charge in [0.2, 0.25) is 5.95 Å². The molecule has 0 saturated carbocycles. The van der Waals surface area contributed by atoms with Crippen LogP contribution in [0.2, 0.25) is 5.02 Å². The summed E-state index contributed by atoms with van der Waals surface area (Å²) in [6.07, 6.45) is -1.47. The summed E-state index contributed by atoms with van der Waals surface area (Å²) < 4.78 is 65.2. The Morgan fingerprint density at radius 3 is 2.02 bits per heavy atom. The van der Waals surface area contributed by atoms with Gasteiger partial charge in [-0.3, -0.25) is 9.59 Å². The van der Waals surface area contributed by atoms with Gasteiger partial charge in [-0.1, -0.05) is 35.9 Å². The van der Waals surface area contributed by atoms with Crippen LogP contribution in [0.4, 0.5) is 37.3 Å². The monoisotopic (exact) mass is 621 g/mol. The molecule has 1 heterocycles. The van der Waals surface area contributed by atoms with Gasteiger partial charge in [-0.2, -0.15) is 18.7 Å². The van der Waals surface area contributed by atoms with Gasteiger partial charge in [0, 0.05) is 22.5 Å². The number of rotatable bonds is 5. The number of nitrogens with zero attached hydrogens (tertiary/aromatic N) is 2. The average Bonchev–Trinajstić information content (AvgIpc) is 2.90. The summed E-state index contributed by atoms with van der Waals surface area (Å²) in [5.74, 6) is -2.93. The standard InChI is InChI=1S/C27H20ClF2N5O5S.Na/c1-10-11(2)21(33-26-19(28)25(29)34-27(30)35-26)24(41(38,39)40)12(3)20(10)32-16-9-8-15(31)17-18(16)23(37)14-7-5-4-6-13(14)22(17)36;/h4-9,32H,31H2,1-3H3,(H,33,34,35)(H,38,39,40);/q;+1/p-1. The van der Waals surface area contributed by atoms with Crippen LogP contribution in [0, 0.1) is 32.8 Å². The third-order valence-electron chi connectivity index (χ3n) is 6.90. The summed E-state index contributed by atoms with van der Waals surface area (Å²) in [6.45, 7) is 4.38. The van der Waals surface area contributed by atoms with E-state index in [4.69, 9.17) is 17.3 Å². The van der Waals surface area contributed by atoms with Gasteiger partial charge in [0.15, 0.2) is 17.4 Å². The van der Waals surface area contributed by atoms with E-state index >= 15 is 0 Å². The van der Waals surface area contributed by atoms with Crippen LogP contribution in [-0.4, -0.2) is 34.5 Å². The molecule has 210 valence electrons. The number of fused-ring (bicyclic) bond motifs is 2. The van der Waals surface area contributed by atoms with Crippen LogP contribution in [0.5, 0.6) is 0 Å². The van der Waals surface area contributed by atoms with Gasteiger partial charge in [0.05, 0.1) is 27.4 Å². The first kappa shape index (κ1) is 31.5. The van der Waals surface area contributed by atoms with Gasteiger partial charge in [-0.05, 0) is 49.6 Å². The molecule has 0 fully saturated rings. The van der Waals surface area contributed by atoms with Crippen molar-refractivity contribution in [3.05, 3.63) is 92.4 Å². The molecule has 42 heavy (non-hydrogen) atoms. The first-order valence-corrected chi connectivity index (χ1v) is 13.6. The van der Waals surface area contributed by atoms with Crippen LogP contribution in [-0.2, 0) is 10.1 Å². The number of carbonyl (C=O) groups is 2. The fourth-order valence-electron chi connectivity index (χ4n) is 4.86. The Kier molecular flexibility index (Phi) is 8.48.